The first-order valence-electron chi connectivity index (χ1n) is 7.82. The molecule has 1 heterocycles. The number of benzene rings is 1. The standard InChI is InChI=1S/C19H27N2/c1-6-16-10-8-9-11-18(16)19-12-17(14-20(4)7-2)15(3)13-21(19)5/h8-13H,6-7,14H2,1-5H3/q+1. The molecule has 2 aromatic rings. The number of aryl methyl sites for hydroxylation is 3. The summed E-state index contributed by atoms with van der Waals surface area (Å²) in [5.41, 5.74) is 6.83. The number of aromatic nitrogens is 1. The van der Waals surface area contributed by atoms with Gasteiger partial charge >= 0.3 is 0 Å². The zero-order chi connectivity index (χ0) is 15.4. The SMILES string of the molecule is CCc1ccccc1-c1cc(CN(C)CC)c(C)c[n+]1C. The molecule has 0 aliphatic rings. The fraction of sp³-hybridized carbons (Fsp3) is 0.421. The van der Waals surface area contributed by atoms with E-state index in [1.165, 1.54) is 27.9 Å². The first-order chi connectivity index (χ1) is 10.1. The van der Waals surface area contributed by atoms with E-state index in [0.29, 0.717) is 0 Å². The second-order valence-electron chi connectivity index (χ2n) is 5.82. The van der Waals surface area contributed by atoms with Crippen LogP contribution in [0.3, 0.4) is 0 Å². The van der Waals surface area contributed by atoms with Gasteiger partial charge < -0.3 is 4.90 Å². The zero-order valence-corrected chi connectivity index (χ0v) is 14.0. The molecule has 0 radical (unpaired) electrons. The Hall–Kier alpha value is -1.67. The van der Waals surface area contributed by atoms with Gasteiger partial charge in [-0.25, -0.2) is 4.57 Å². The van der Waals surface area contributed by atoms with Crippen molar-refractivity contribution in [3.8, 4) is 11.3 Å². The molecule has 2 nitrogen and oxygen atoms in total. The molecule has 0 amide bonds. The highest BCUT2D eigenvalue weighted by Crippen LogP contribution is 2.23. The zero-order valence-electron chi connectivity index (χ0n) is 14.0. The Morgan fingerprint density at radius 3 is 2.48 bits per heavy atom. The Kier molecular flexibility index (Phi) is 5.13. The average molecular weight is 283 g/mol. The van der Waals surface area contributed by atoms with E-state index in [9.17, 15) is 0 Å². The second-order valence-corrected chi connectivity index (χ2v) is 5.82. The summed E-state index contributed by atoms with van der Waals surface area (Å²) in [5, 5.41) is 0. The van der Waals surface area contributed by atoms with Gasteiger partial charge in [0.1, 0.15) is 7.05 Å². The van der Waals surface area contributed by atoms with Gasteiger partial charge in [0.25, 0.3) is 0 Å². The minimum Gasteiger partial charge on any atom is -0.302 e. The Balaban J connectivity index is 2.51. The molecule has 0 bridgehead atoms. The number of nitrogens with zero attached hydrogens (tertiary/aromatic N) is 2. The highest BCUT2D eigenvalue weighted by atomic mass is 15.1. The van der Waals surface area contributed by atoms with Crippen LogP contribution in [-0.2, 0) is 20.0 Å². The molecule has 0 unspecified atom stereocenters. The minimum absolute atomic E-state index is 1.00. The molecule has 0 aliphatic heterocycles. The first-order valence-corrected chi connectivity index (χ1v) is 7.82. The third kappa shape index (κ3) is 3.51. The molecule has 2 heteroatoms. The van der Waals surface area contributed by atoms with Crippen molar-refractivity contribution in [3.05, 3.63) is 53.2 Å². The lowest BCUT2D eigenvalue weighted by molar-refractivity contribution is -0.660. The predicted octanol–water partition coefficient (Wildman–Crippen LogP) is 3.50. The predicted molar refractivity (Wildman–Crippen MR) is 89.2 cm³/mol. The van der Waals surface area contributed by atoms with E-state index in [1.54, 1.807) is 0 Å². The molecule has 21 heavy (non-hydrogen) atoms. The molecule has 112 valence electrons. The van der Waals surface area contributed by atoms with Gasteiger partial charge in [0.2, 0.25) is 5.69 Å². The quantitative estimate of drug-likeness (QED) is 0.762. The first kappa shape index (κ1) is 15.7. The van der Waals surface area contributed by atoms with E-state index in [-0.39, 0.29) is 0 Å². The van der Waals surface area contributed by atoms with Crippen LogP contribution in [0.5, 0.6) is 0 Å². The fourth-order valence-electron chi connectivity index (χ4n) is 2.74. The molecule has 0 aliphatic carbocycles. The Morgan fingerprint density at radius 1 is 1.10 bits per heavy atom. The largest absolute Gasteiger partial charge is 0.302 e. The van der Waals surface area contributed by atoms with E-state index in [4.69, 9.17) is 0 Å². The molecule has 0 saturated heterocycles. The van der Waals surface area contributed by atoms with Crippen LogP contribution in [0.1, 0.15) is 30.5 Å². The molecule has 1 aromatic carbocycles. The van der Waals surface area contributed by atoms with Crippen LogP contribution < -0.4 is 4.57 Å². The van der Waals surface area contributed by atoms with E-state index < -0.39 is 0 Å². The van der Waals surface area contributed by atoms with Gasteiger partial charge in [0.15, 0.2) is 6.20 Å². The second kappa shape index (κ2) is 6.86. The van der Waals surface area contributed by atoms with E-state index in [1.807, 2.05) is 0 Å². The van der Waals surface area contributed by atoms with Crippen LogP contribution in [0, 0.1) is 6.92 Å². The maximum absolute atomic E-state index is 2.36. The van der Waals surface area contributed by atoms with Gasteiger partial charge in [-0.2, -0.15) is 0 Å². The summed E-state index contributed by atoms with van der Waals surface area (Å²) in [6, 6.07) is 11.1. The molecule has 1 aromatic heterocycles. The summed E-state index contributed by atoms with van der Waals surface area (Å²) in [7, 11) is 4.31. The van der Waals surface area contributed by atoms with Crippen molar-refractivity contribution in [2.45, 2.75) is 33.7 Å². The fourth-order valence-corrected chi connectivity index (χ4v) is 2.74. The van der Waals surface area contributed by atoms with Crippen molar-refractivity contribution in [1.82, 2.24) is 4.90 Å². The summed E-state index contributed by atoms with van der Waals surface area (Å²) < 4.78 is 2.25. The van der Waals surface area contributed by atoms with E-state index in [0.717, 1.165) is 19.5 Å². The molecule has 2 rings (SSSR count). The van der Waals surface area contributed by atoms with Gasteiger partial charge in [-0.3, -0.25) is 0 Å². The summed E-state index contributed by atoms with van der Waals surface area (Å²) >= 11 is 0. The molecule has 0 spiro atoms. The van der Waals surface area contributed by atoms with Crippen molar-refractivity contribution >= 4 is 0 Å². The van der Waals surface area contributed by atoms with Crippen LogP contribution in [0.2, 0.25) is 0 Å². The molecular formula is C19H27N2+. The highest BCUT2D eigenvalue weighted by molar-refractivity contribution is 5.62. The lowest BCUT2D eigenvalue weighted by Crippen LogP contribution is -2.32. The monoisotopic (exact) mass is 283 g/mol. The van der Waals surface area contributed by atoms with Crippen molar-refractivity contribution < 1.29 is 4.57 Å². The van der Waals surface area contributed by atoms with Gasteiger partial charge in [-0.15, -0.1) is 0 Å². The maximum atomic E-state index is 2.36. The van der Waals surface area contributed by atoms with E-state index >= 15 is 0 Å². The van der Waals surface area contributed by atoms with Crippen LogP contribution in [-0.4, -0.2) is 18.5 Å². The van der Waals surface area contributed by atoms with Gasteiger partial charge in [0, 0.05) is 23.7 Å². The minimum atomic E-state index is 1.00. The number of hydrogen-bond acceptors (Lipinski definition) is 1. The van der Waals surface area contributed by atoms with Crippen LogP contribution in [0.15, 0.2) is 36.5 Å². The topological polar surface area (TPSA) is 7.12 Å². The van der Waals surface area contributed by atoms with Gasteiger partial charge in [0.05, 0.1) is 0 Å². The number of rotatable bonds is 5. The van der Waals surface area contributed by atoms with Crippen molar-refractivity contribution in [3.63, 3.8) is 0 Å². The Bertz CT molecular complexity index is 617. The summed E-state index contributed by atoms with van der Waals surface area (Å²) in [5.74, 6) is 0. The third-order valence-corrected chi connectivity index (χ3v) is 4.24. The molecule has 0 atom stereocenters. The summed E-state index contributed by atoms with van der Waals surface area (Å²) in [4.78, 5) is 2.35. The van der Waals surface area contributed by atoms with Crippen molar-refractivity contribution in [1.29, 1.82) is 0 Å². The van der Waals surface area contributed by atoms with Gasteiger partial charge in [-0.05, 0) is 44.1 Å². The van der Waals surface area contributed by atoms with Crippen LogP contribution >= 0.6 is 0 Å². The molecular weight excluding hydrogens is 256 g/mol. The smallest absolute Gasteiger partial charge is 0.212 e. The van der Waals surface area contributed by atoms with Crippen molar-refractivity contribution in [2.24, 2.45) is 7.05 Å². The molecule has 0 fully saturated rings. The van der Waals surface area contributed by atoms with Crippen molar-refractivity contribution in [2.75, 3.05) is 13.6 Å². The number of hydrogen-bond donors (Lipinski definition) is 0. The lowest BCUT2D eigenvalue weighted by Gasteiger charge is -2.16. The normalized spacial score (nSPS) is 11.1. The van der Waals surface area contributed by atoms with Gasteiger partial charge in [-0.1, -0.05) is 32.0 Å². The number of pyridine rings is 1. The molecule has 0 saturated carbocycles. The Morgan fingerprint density at radius 2 is 1.81 bits per heavy atom. The highest BCUT2D eigenvalue weighted by Gasteiger charge is 2.16. The Labute approximate surface area is 129 Å². The third-order valence-electron chi connectivity index (χ3n) is 4.24. The maximum Gasteiger partial charge on any atom is 0.212 e. The van der Waals surface area contributed by atoms with E-state index in [2.05, 4.69) is 80.9 Å². The lowest BCUT2D eigenvalue weighted by atomic mass is 9.99. The summed E-state index contributed by atoms with van der Waals surface area (Å²) in [6.45, 7) is 8.70. The average Bonchev–Trinajstić information content (AvgIpc) is 2.49. The van der Waals surface area contributed by atoms with Crippen LogP contribution in [0.4, 0.5) is 0 Å². The molecule has 0 N–H and O–H groups in total. The summed E-state index contributed by atoms with van der Waals surface area (Å²) in [6.07, 6.45) is 3.31. The van der Waals surface area contributed by atoms with Crippen LogP contribution in [0.25, 0.3) is 11.3 Å².